The Labute approximate surface area is 161 Å². The smallest absolute Gasteiger partial charge is 0.254 e. The average molecular weight is 368 g/mol. The van der Waals surface area contributed by atoms with Crippen molar-refractivity contribution >= 4 is 17.5 Å². The molecule has 0 saturated carbocycles. The highest BCUT2D eigenvalue weighted by Crippen LogP contribution is 2.19. The fourth-order valence-electron chi connectivity index (χ4n) is 2.65. The lowest BCUT2D eigenvalue weighted by atomic mass is 10.1. The Morgan fingerprint density at radius 3 is 2.19 bits per heavy atom. The molecule has 2 aromatic rings. The van der Waals surface area contributed by atoms with Crippen molar-refractivity contribution in [2.45, 2.75) is 27.7 Å². The number of aryl methyl sites for hydroxylation is 2. The van der Waals surface area contributed by atoms with Gasteiger partial charge in [-0.1, -0.05) is 32.0 Å². The number of carbonyl (C=O) groups is 2. The van der Waals surface area contributed by atoms with Crippen molar-refractivity contribution in [2.75, 3.05) is 25.5 Å². The van der Waals surface area contributed by atoms with Crippen LogP contribution in [0.3, 0.4) is 0 Å². The predicted octanol–water partition coefficient (Wildman–Crippen LogP) is 4.05. The van der Waals surface area contributed by atoms with Crippen molar-refractivity contribution in [3.63, 3.8) is 0 Å². The van der Waals surface area contributed by atoms with Gasteiger partial charge in [-0.25, -0.2) is 0 Å². The van der Waals surface area contributed by atoms with Crippen LogP contribution in [0.1, 0.15) is 35.3 Å². The summed E-state index contributed by atoms with van der Waals surface area (Å²) in [6, 6.07) is 12.8. The number of ether oxygens (including phenoxy) is 1. The largest absolute Gasteiger partial charge is 0.493 e. The Morgan fingerprint density at radius 1 is 1.04 bits per heavy atom. The van der Waals surface area contributed by atoms with Crippen LogP contribution in [0.25, 0.3) is 0 Å². The minimum Gasteiger partial charge on any atom is -0.493 e. The molecule has 2 aromatic carbocycles. The number of amides is 2. The van der Waals surface area contributed by atoms with E-state index in [4.69, 9.17) is 4.74 Å². The van der Waals surface area contributed by atoms with Gasteiger partial charge in [-0.15, -0.1) is 0 Å². The van der Waals surface area contributed by atoms with E-state index in [-0.39, 0.29) is 18.4 Å². The van der Waals surface area contributed by atoms with E-state index in [1.807, 2.05) is 32.0 Å². The number of benzene rings is 2. The molecule has 2 amide bonds. The first kappa shape index (κ1) is 20.5. The molecule has 0 spiro atoms. The molecule has 0 radical (unpaired) electrons. The second-order valence-electron chi connectivity index (χ2n) is 7.21. The molecule has 0 saturated heterocycles. The maximum Gasteiger partial charge on any atom is 0.254 e. The van der Waals surface area contributed by atoms with Crippen LogP contribution in [-0.4, -0.2) is 36.9 Å². The van der Waals surface area contributed by atoms with Crippen molar-refractivity contribution in [1.29, 1.82) is 0 Å². The van der Waals surface area contributed by atoms with Crippen LogP contribution < -0.4 is 10.1 Å². The molecule has 27 heavy (non-hydrogen) atoms. The monoisotopic (exact) mass is 368 g/mol. The third kappa shape index (κ3) is 5.84. The van der Waals surface area contributed by atoms with Crippen molar-refractivity contribution in [3.8, 4) is 5.75 Å². The zero-order chi connectivity index (χ0) is 20.0. The minimum atomic E-state index is -0.222. The first-order chi connectivity index (χ1) is 12.8. The molecule has 2 rings (SSSR count). The summed E-state index contributed by atoms with van der Waals surface area (Å²) in [5.74, 6) is 0.741. The summed E-state index contributed by atoms with van der Waals surface area (Å²) in [6.07, 6.45) is 0. The van der Waals surface area contributed by atoms with E-state index in [9.17, 15) is 9.59 Å². The van der Waals surface area contributed by atoms with E-state index in [2.05, 4.69) is 19.2 Å². The van der Waals surface area contributed by atoms with E-state index < -0.39 is 0 Å². The van der Waals surface area contributed by atoms with Crippen LogP contribution in [0.5, 0.6) is 5.75 Å². The van der Waals surface area contributed by atoms with Gasteiger partial charge in [-0.2, -0.15) is 0 Å². The van der Waals surface area contributed by atoms with Crippen molar-refractivity contribution < 1.29 is 14.3 Å². The summed E-state index contributed by atoms with van der Waals surface area (Å²) in [5.41, 5.74) is 3.31. The Hall–Kier alpha value is -2.82. The number of carbonyl (C=O) groups excluding carboxylic acids is 2. The van der Waals surface area contributed by atoms with Crippen LogP contribution in [0.4, 0.5) is 5.69 Å². The van der Waals surface area contributed by atoms with Gasteiger partial charge in [-0.05, 0) is 55.2 Å². The Kier molecular flexibility index (Phi) is 6.99. The molecule has 0 aromatic heterocycles. The minimum absolute atomic E-state index is 0.0157. The zero-order valence-corrected chi connectivity index (χ0v) is 16.7. The first-order valence-electron chi connectivity index (χ1n) is 9.12. The van der Waals surface area contributed by atoms with E-state index in [1.165, 1.54) is 4.90 Å². The van der Waals surface area contributed by atoms with Gasteiger partial charge in [0.25, 0.3) is 5.91 Å². The first-order valence-corrected chi connectivity index (χ1v) is 9.12. The highest BCUT2D eigenvalue weighted by atomic mass is 16.5. The summed E-state index contributed by atoms with van der Waals surface area (Å²) >= 11 is 0. The Morgan fingerprint density at radius 2 is 1.63 bits per heavy atom. The second kappa shape index (κ2) is 9.21. The highest BCUT2D eigenvalue weighted by molar-refractivity contribution is 5.99. The van der Waals surface area contributed by atoms with E-state index >= 15 is 0 Å². The number of hydrogen-bond donors (Lipinski definition) is 1. The van der Waals surface area contributed by atoms with Gasteiger partial charge in [-0.3, -0.25) is 9.59 Å². The number of para-hydroxylation sites is 1. The van der Waals surface area contributed by atoms with Gasteiger partial charge in [0, 0.05) is 18.3 Å². The fourth-order valence-corrected chi connectivity index (χ4v) is 2.65. The van der Waals surface area contributed by atoms with Gasteiger partial charge in [0.05, 0.1) is 13.2 Å². The molecule has 0 heterocycles. The van der Waals surface area contributed by atoms with Crippen LogP contribution in [-0.2, 0) is 4.79 Å². The quantitative estimate of drug-likeness (QED) is 0.802. The van der Waals surface area contributed by atoms with Gasteiger partial charge in [0.1, 0.15) is 5.75 Å². The third-order valence-electron chi connectivity index (χ3n) is 4.16. The van der Waals surface area contributed by atoms with Crippen LogP contribution in [0, 0.1) is 19.8 Å². The molecular weight excluding hydrogens is 340 g/mol. The maximum atomic E-state index is 12.5. The molecule has 0 aliphatic rings. The lowest BCUT2D eigenvalue weighted by Crippen LogP contribution is -2.35. The average Bonchev–Trinajstić information content (AvgIpc) is 2.63. The molecular formula is C22H28N2O3. The van der Waals surface area contributed by atoms with E-state index in [0.29, 0.717) is 18.1 Å². The number of likely N-dealkylation sites (N-methyl/N-ethyl adjacent to an activating group) is 1. The molecule has 1 N–H and O–H groups in total. The number of hydrogen-bond acceptors (Lipinski definition) is 3. The summed E-state index contributed by atoms with van der Waals surface area (Å²) in [7, 11) is 1.62. The molecule has 5 heteroatoms. The van der Waals surface area contributed by atoms with Gasteiger partial charge >= 0.3 is 0 Å². The number of anilines is 1. The molecule has 0 atom stereocenters. The zero-order valence-electron chi connectivity index (χ0n) is 16.7. The van der Waals surface area contributed by atoms with Crippen LogP contribution in [0.2, 0.25) is 0 Å². The second-order valence-corrected chi connectivity index (χ2v) is 7.21. The lowest BCUT2D eigenvalue weighted by Gasteiger charge is -2.18. The number of nitrogens with one attached hydrogen (secondary N) is 1. The van der Waals surface area contributed by atoms with Crippen LogP contribution >= 0.6 is 0 Å². The normalized spacial score (nSPS) is 10.6. The molecule has 0 aliphatic carbocycles. The predicted molar refractivity (Wildman–Crippen MR) is 108 cm³/mol. The van der Waals surface area contributed by atoms with E-state index in [0.717, 1.165) is 22.6 Å². The van der Waals surface area contributed by atoms with E-state index in [1.54, 1.807) is 31.3 Å². The molecule has 0 aliphatic heterocycles. The molecule has 0 fully saturated rings. The van der Waals surface area contributed by atoms with Gasteiger partial charge < -0.3 is 15.0 Å². The topological polar surface area (TPSA) is 58.6 Å². The van der Waals surface area contributed by atoms with Gasteiger partial charge in [0.2, 0.25) is 5.91 Å². The summed E-state index contributed by atoms with van der Waals surface area (Å²) in [6.45, 7) is 8.66. The molecule has 5 nitrogen and oxygen atoms in total. The van der Waals surface area contributed by atoms with Gasteiger partial charge in [0.15, 0.2) is 0 Å². The van der Waals surface area contributed by atoms with Crippen molar-refractivity contribution in [3.05, 3.63) is 59.2 Å². The standard InChI is InChI=1S/C22H28N2O3/c1-15(2)14-27-19-11-9-18(10-12-19)22(26)24(5)13-20(25)23-21-16(3)7-6-8-17(21)4/h6-12,15H,13-14H2,1-5H3,(H,23,25). The van der Waals surface area contributed by atoms with Crippen molar-refractivity contribution in [1.82, 2.24) is 4.90 Å². The Balaban J connectivity index is 1.95. The molecule has 0 bridgehead atoms. The third-order valence-corrected chi connectivity index (χ3v) is 4.16. The lowest BCUT2D eigenvalue weighted by molar-refractivity contribution is -0.116. The number of nitrogens with zero attached hydrogens (tertiary/aromatic N) is 1. The summed E-state index contributed by atoms with van der Waals surface area (Å²) in [5, 5.41) is 2.90. The van der Waals surface area contributed by atoms with Crippen LogP contribution in [0.15, 0.2) is 42.5 Å². The van der Waals surface area contributed by atoms with Crippen molar-refractivity contribution in [2.24, 2.45) is 5.92 Å². The number of rotatable bonds is 7. The fraction of sp³-hybridized carbons (Fsp3) is 0.364. The highest BCUT2D eigenvalue weighted by Gasteiger charge is 2.16. The summed E-state index contributed by atoms with van der Waals surface area (Å²) < 4.78 is 5.63. The SMILES string of the molecule is Cc1cccc(C)c1NC(=O)CN(C)C(=O)c1ccc(OCC(C)C)cc1. The maximum absolute atomic E-state index is 12.5. The molecule has 0 unspecified atom stereocenters. The molecule has 144 valence electrons. The Bertz CT molecular complexity index is 777. The summed E-state index contributed by atoms with van der Waals surface area (Å²) in [4.78, 5) is 26.3.